The summed E-state index contributed by atoms with van der Waals surface area (Å²) in [5.74, 6) is 0.946. The largest absolute Gasteiger partial charge is 0.493 e. The molecule has 6 rings (SSSR count). The number of fused-ring (bicyclic) bond motifs is 2. The summed E-state index contributed by atoms with van der Waals surface area (Å²) in [6.07, 6.45) is 1.67. The summed E-state index contributed by atoms with van der Waals surface area (Å²) >= 11 is 1.41. The smallest absolute Gasteiger partial charge is 0.267 e. The first-order valence-corrected chi connectivity index (χ1v) is 12.9. The van der Waals surface area contributed by atoms with Gasteiger partial charge in [0.1, 0.15) is 15.6 Å². The molecule has 1 unspecified atom stereocenters. The molecule has 2 N–H and O–H groups in total. The zero-order valence-electron chi connectivity index (χ0n) is 19.8. The van der Waals surface area contributed by atoms with Crippen LogP contribution >= 0.6 is 11.3 Å². The molecule has 1 aromatic heterocycles. The van der Waals surface area contributed by atoms with Crippen LogP contribution in [0.5, 0.6) is 5.75 Å². The van der Waals surface area contributed by atoms with Crippen molar-refractivity contribution >= 4 is 28.8 Å². The average molecular weight is 496 g/mol. The molecule has 6 nitrogen and oxygen atoms in total. The maximum atomic E-state index is 13.2. The number of carbonyl (C=O) groups excluding carboxylic acids is 2. The van der Waals surface area contributed by atoms with E-state index in [4.69, 9.17) is 4.74 Å². The fraction of sp³-hybridized carbons (Fsp3) is 0.207. The van der Waals surface area contributed by atoms with Crippen LogP contribution in [0.3, 0.4) is 0 Å². The van der Waals surface area contributed by atoms with E-state index < -0.39 is 0 Å². The van der Waals surface area contributed by atoms with Crippen LogP contribution in [0.4, 0.5) is 5.69 Å². The maximum Gasteiger partial charge on any atom is 0.267 e. The van der Waals surface area contributed by atoms with Gasteiger partial charge in [0.05, 0.1) is 12.3 Å². The van der Waals surface area contributed by atoms with Crippen molar-refractivity contribution in [1.29, 1.82) is 0 Å². The molecule has 7 heteroatoms. The van der Waals surface area contributed by atoms with Crippen LogP contribution in [-0.2, 0) is 12.8 Å². The molecular weight excluding hydrogens is 470 g/mol. The van der Waals surface area contributed by atoms with Gasteiger partial charge in [-0.3, -0.25) is 9.59 Å². The van der Waals surface area contributed by atoms with Crippen molar-refractivity contribution in [3.8, 4) is 16.3 Å². The second-order valence-electron chi connectivity index (χ2n) is 9.21. The fourth-order valence-corrected chi connectivity index (χ4v) is 5.92. The first-order valence-electron chi connectivity index (χ1n) is 12.1. The number of aromatic nitrogens is 1. The summed E-state index contributed by atoms with van der Waals surface area (Å²) in [5.41, 5.74) is 6.57. The molecule has 0 radical (unpaired) electrons. The van der Waals surface area contributed by atoms with Gasteiger partial charge in [-0.1, -0.05) is 30.3 Å². The molecule has 0 aliphatic carbocycles. The summed E-state index contributed by atoms with van der Waals surface area (Å²) in [7, 11) is 0. The number of thiazole rings is 1. The Labute approximate surface area is 213 Å². The Bertz CT molecular complexity index is 1490. The molecule has 3 aromatic carbocycles. The number of hydrogen-bond acceptors (Lipinski definition) is 5. The molecule has 0 saturated carbocycles. The number of nitrogens with zero attached hydrogens (tertiary/aromatic N) is 1. The van der Waals surface area contributed by atoms with Crippen LogP contribution in [0.2, 0.25) is 0 Å². The molecule has 2 aliphatic rings. The van der Waals surface area contributed by atoms with Gasteiger partial charge in [0.2, 0.25) is 0 Å². The van der Waals surface area contributed by atoms with Gasteiger partial charge in [0, 0.05) is 35.7 Å². The van der Waals surface area contributed by atoms with Gasteiger partial charge in [-0.05, 0) is 66.4 Å². The first-order chi connectivity index (χ1) is 17.5. The summed E-state index contributed by atoms with van der Waals surface area (Å²) < 4.78 is 5.60. The van der Waals surface area contributed by atoms with Crippen LogP contribution in [0, 0.1) is 6.92 Å². The number of nitrogens with one attached hydrogen (secondary N) is 2. The van der Waals surface area contributed by atoms with E-state index >= 15 is 0 Å². The lowest BCUT2D eigenvalue weighted by Crippen LogP contribution is -2.35. The zero-order chi connectivity index (χ0) is 24.6. The zero-order valence-corrected chi connectivity index (χ0v) is 20.7. The van der Waals surface area contributed by atoms with E-state index in [0.717, 1.165) is 57.2 Å². The molecule has 4 aromatic rings. The Hall–Kier alpha value is -3.97. The number of rotatable bonds is 5. The highest BCUT2D eigenvalue weighted by molar-refractivity contribution is 7.17. The highest BCUT2D eigenvalue weighted by Gasteiger charge is 2.25. The number of anilines is 1. The SMILES string of the molecule is Cc1nc(-c2ccc3c(c2)CCO3)sc1C(=O)Nc1cccc(CC2CNC(=O)c3ccccc32)c1. The minimum Gasteiger partial charge on any atom is -0.493 e. The Kier molecular flexibility index (Phi) is 5.77. The van der Waals surface area contributed by atoms with Crippen molar-refractivity contribution in [3.05, 3.63) is 99.6 Å². The average Bonchev–Trinajstić information content (AvgIpc) is 3.52. The minimum absolute atomic E-state index is 0.0182. The lowest BCUT2D eigenvalue weighted by atomic mass is 9.86. The van der Waals surface area contributed by atoms with E-state index in [0.29, 0.717) is 18.0 Å². The van der Waals surface area contributed by atoms with Crippen LogP contribution in [0.1, 0.15) is 48.3 Å². The van der Waals surface area contributed by atoms with Crippen LogP contribution in [-0.4, -0.2) is 29.9 Å². The molecule has 0 saturated heterocycles. The van der Waals surface area contributed by atoms with Gasteiger partial charge in [0.15, 0.2) is 0 Å². The second kappa shape index (κ2) is 9.24. The number of amides is 2. The Morgan fingerprint density at radius 1 is 1.14 bits per heavy atom. The molecule has 0 bridgehead atoms. The fourth-order valence-electron chi connectivity index (χ4n) is 4.96. The van der Waals surface area contributed by atoms with E-state index in [1.54, 1.807) is 0 Å². The third-order valence-corrected chi connectivity index (χ3v) is 7.97. The van der Waals surface area contributed by atoms with E-state index in [1.165, 1.54) is 16.9 Å². The number of hydrogen-bond donors (Lipinski definition) is 2. The van der Waals surface area contributed by atoms with Crippen molar-refractivity contribution in [2.24, 2.45) is 0 Å². The van der Waals surface area contributed by atoms with Crippen molar-refractivity contribution in [2.75, 3.05) is 18.5 Å². The molecule has 2 amide bonds. The summed E-state index contributed by atoms with van der Waals surface area (Å²) in [6, 6.07) is 21.8. The van der Waals surface area contributed by atoms with Gasteiger partial charge in [0.25, 0.3) is 11.8 Å². The Balaban J connectivity index is 1.19. The number of carbonyl (C=O) groups is 2. The molecule has 36 heavy (non-hydrogen) atoms. The van der Waals surface area contributed by atoms with E-state index in [-0.39, 0.29) is 17.7 Å². The van der Waals surface area contributed by atoms with Crippen molar-refractivity contribution in [2.45, 2.75) is 25.7 Å². The van der Waals surface area contributed by atoms with E-state index in [9.17, 15) is 9.59 Å². The normalized spacial score (nSPS) is 16.0. The van der Waals surface area contributed by atoms with E-state index in [2.05, 4.69) is 27.8 Å². The molecule has 1 atom stereocenters. The monoisotopic (exact) mass is 495 g/mol. The Morgan fingerprint density at radius 2 is 2.03 bits per heavy atom. The predicted octanol–water partition coefficient (Wildman–Crippen LogP) is 5.38. The van der Waals surface area contributed by atoms with Gasteiger partial charge in [-0.25, -0.2) is 4.98 Å². The highest BCUT2D eigenvalue weighted by atomic mass is 32.1. The molecular formula is C29H25N3O3S. The lowest BCUT2D eigenvalue weighted by molar-refractivity contribution is 0.0939. The third kappa shape index (κ3) is 4.27. The standard InChI is InChI=1S/C29H25N3O3S/c1-17-26(36-29(31-17)20-9-10-25-19(15-20)11-12-35-25)28(34)32-22-6-4-5-18(14-22)13-21-16-30-27(33)24-8-3-2-7-23(21)24/h2-10,14-15,21H,11-13,16H2,1H3,(H,30,33)(H,32,34). The summed E-state index contributed by atoms with van der Waals surface area (Å²) in [5, 5.41) is 6.87. The number of aryl methyl sites for hydroxylation is 1. The van der Waals surface area contributed by atoms with Crippen LogP contribution < -0.4 is 15.4 Å². The van der Waals surface area contributed by atoms with Gasteiger partial charge >= 0.3 is 0 Å². The minimum atomic E-state index is -0.159. The summed E-state index contributed by atoms with van der Waals surface area (Å²) in [4.78, 5) is 30.6. The van der Waals surface area contributed by atoms with Crippen molar-refractivity contribution < 1.29 is 14.3 Å². The quantitative estimate of drug-likeness (QED) is 0.390. The molecule has 180 valence electrons. The third-order valence-electron chi connectivity index (χ3n) is 6.76. The lowest BCUT2D eigenvalue weighted by Gasteiger charge is -2.26. The van der Waals surface area contributed by atoms with Crippen LogP contribution in [0.15, 0.2) is 66.7 Å². The number of ether oxygens (including phenoxy) is 1. The Morgan fingerprint density at radius 3 is 2.94 bits per heavy atom. The highest BCUT2D eigenvalue weighted by Crippen LogP contribution is 2.34. The van der Waals surface area contributed by atoms with Crippen LogP contribution in [0.25, 0.3) is 10.6 Å². The van der Waals surface area contributed by atoms with Gasteiger partial charge in [-0.15, -0.1) is 11.3 Å². The molecule has 0 spiro atoms. The molecule has 3 heterocycles. The first kappa shape index (κ1) is 22.5. The van der Waals surface area contributed by atoms with Crippen molar-refractivity contribution in [3.63, 3.8) is 0 Å². The molecule has 2 aliphatic heterocycles. The van der Waals surface area contributed by atoms with E-state index in [1.807, 2.05) is 61.5 Å². The second-order valence-corrected chi connectivity index (χ2v) is 10.2. The van der Waals surface area contributed by atoms with Crippen molar-refractivity contribution in [1.82, 2.24) is 10.3 Å². The van der Waals surface area contributed by atoms with Gasteiger partial charge in [-0.2, -0.15) is 0 Å². The van der Waals surface area contributed by atoms with Gasteiger partial charge < -0.3 is 15.4 Å². The number of benzene rings is 3. The predicted molar refractivity (Wildman–Crippen MR) is 141 cm³/mol. The topological polar surface area (TPSA) is 80.3 Å². The maximum absolute atomic E-state index is 13.2. The summed E-state index contributed by atoms with van der Waals surface area (Å²) in [6.45, 7) is 3.19. The molecule has 0 fully saturated rings.